The molecule has 0 amide bonds. The van der Waals surface area contributed by atoms with Crippen molar-refractivity contribution >= 4 is 5.97 Å². The Kier molecular flexibility index (Phi) is 5.72. The highest BCUT2D eigenvalue weighted by molar-refractivity contribution is 5.66. The van der Waals surface area contributed by atoms with E-state index in [1.165, 1.54) is 6.92 Å². The minimum atomic E-state index is -0.255. The van der Waals surface area contributed by atoms with Gasteiger partial charge in [0, 0.05) is 13.5 Å². The summed E-state index contributed by atoms with van der Waals surface area (Å²) in [6, 6.07) is 0. The summed E-state index contributed by atoms with van der Waals surface area (Å²) in [6.45, 7) is 7.91. The minimum Gasteiger partial charge on any atom is -0.460 e. The highest BCUT2D eigenvalue weighted by Crippen LogP contribution is 2.03. The molecule has 2 unspecified atom stereocenters. The van der Waals surface area contributed by atoms with Crippen molar-refractivity contribution in [2.75, 3.05) is 6.61 Å². The lowest BCUT2D eigenvalue weighted by Crippen LogP contribution is -2.28. The largest absolute Gasteiger partial charge is 0.460 e. The van der Waals surface area contributed by atoms with E-state index in [-0.39, 0.29) is 18.2 Å². The van der Waals surface area contributed by atoms with Gasteiger partial charge in [-0.1, -0.05) is 6.92 Å². The topological polar surface area (TPSA) is 35.5 Å². The molecule has 0 heterocycles. The van der Waals surface area contributed by atoms with Gasteiger partial charge >= 0.3 is 5.97 Å². The van der Waals surface area contributed by atoms with Gasteiger partial charge in [-0.25, -0.2) is 0 Å². The van der Waals surface area contributed by atoms with E-state index in [9.17, 15) is 4.79 Å². The zero-order valence-electron chi connectivity index (χ0n) is 8.29. The van der Waals surface area contributed by atoms with Crippen LogP contribution in [0.4, 0.5) is 0 Å². The molecule has 0 saturated heterocycles. The van der Waals surface area contributed by atoms with E-state index in [1.807, 2.05) is 20.8 Å². The summed E-state index contributed by atoms with van der Waals surface area (Å²) in [4.78, 5) is 10.6. The maximum Gasteiger partial charge on any atom is 0.302 e. The number of ether oxygens (including phenoxy) is 2. The SMILES string of the molecule is CCCOC(C)C(C)OC(C)=O. The highest BCUT2D eigenvalue weighted by atomic mass is 16.6. The third-order valence-electron chi connectivity index (χ3n) is 1.60. The van der Waals surface area contributed by atoms with Gasteiger partial charge in [0.1, 0.15) is 6.10 Å². The van der Waals surface area contributed by atoms with Gasteiger partial charge < -0.3 is 9.47 Å². The molecule has 0 aromatic heterocycles. The van der Waals surface area contributed by atoms with E-state index >= 15 is 0 Å². The number of carbonyl (C=O) groups is 1. The molecule has 3 heteroatoms. The first-order valence-corrected chi connectivity index (χ1v) is 4.36. The minimum absolute atomic E-state index is 0.0196. The second-order valence-corrected chi connectivity index (χ2v) is 2.89. The van der Waals surface area contributed by atoms with Crippen LogP contribution in [0.3, 0.4) is 0 Å². The number of carbonyl (C=O) groups excluding carboxylic acids is 1. The molecule has 0 radical (unpaired) electrons. The van der Waals surface area contributed by atoms with Gasteiger partial charge in [0.2, 0.25) is 0 Å². The van der Waals surface area contributed by atoms with Crippen LogP contribution in [0.2, 0.25) is 0 Å². The molecule has 0 rings (SSSR count). The van der Waals surface area contributed by atoms with Gasteiger partial charge in [-0.3, -0.25) is 4.79 Å². The van der Waals surface area contributed by atoms with Crippen LogP contribution < -0.4 is 0 Å². The van der Waals surface area contributed by atoms with Gasteiger partial charge in [-0.2, -0.15) is 0 Å². The van der Waals surface area contributed by atoms with Gasteiger partial charge in [0.05, 0.1) is 6.10 Å². The Labute approximate surface area is 74.0 Å². The monoisotopic (exact) mass is 174 g/mol. The van der Waals surface area contributed by atoms with Crippen molar-refractivity contribution < 1.29 is 14.3 Å². The molecule has 72 valence electrons. The fourth-order valence-electron chi connectivity index (χ4n) is 0.797. The summed E-state index contributed by atoms with van der Waals surface area (Å²) in [5.41, 5.74) is 0. The number of esters is 1. The van der Waals surface area contributed by atoms with Crippen molar-refractivity contribution in [2.24, 2.45) is 0 Å². The quantitative estimate of drug-likeness (QED) is 0.596. The van der Waals surface area contributed by atoms with Gasteiger partial charge in [-0.05, 0) is 20.3 Å². The van der Waals surface area contributed by atoms with E-state index in [0.717, 1.165) is 6.42 Å². The molecule has 0 saturated carbocycles. The molecule has 0 aromatic rings. The van der Waals surface area contributed by atoms with Crippen LogP contribution in [0.5, 0.6) is 0 Å². The average Bonchev–Trinajstić information content (AvgIpc) is 1.98. The molecule has 2 atom stereocenters. The smallest absolute Gasteiger partial charge is 0.302 e. The van der Waals surface area contributed by atoms with Crippen LogP contribution in [0.1, 0.15) is 34.1 Å². The lowest BCUT2D eigenvalue weighted by Gasteiger charge is -2.19. The van der Waals surface area contributed by atoms with Crippen LogP contribution in [-0.4, -0.2) is 24.8 Å². The van der Waals surface area contributed by atoms with E-state index in [0.29, 0.717) is 6.61 Å². The maximum absolute atomic E-state index is 10.6. The summed E-state index contributed by atoms with van der Waals surface area (Å²) in [5, 5.41) is 0. The van der Waals surface area contributed by atoms with Crippen LogP contribution in [0.25, 0.3) is 0 Å². The molecule has 0 bridgehead atoms. The summed E-state index contributed by atoms with van der Waals surface area (Å²) in [7, 11) is 0. The van der Waals surface area contributed by atoms with Crippen LogP contribution >= 0.6 is 0 Å². The van der Waals surface area contributed by atoms with Crippen molar-refractivity contribution in [3.05, 3.63) is 0 Å². The second-order valence-electron chi connectivity index (χ2n) is 2.89. The molecular weight excluding hydrogens is 156 g/mol. The predicted octanol–water partition coefficient (Wildman–Crippen LogP) is 1.75. The Morgan fingerprint density at radius 3 is 2.33 bits per heavy atom. The maximum atomic E-state index is 10.6. The molecule has 0 fully saturated rings. The van der Waals surface area contributed by atoms with E-state index in [2.05, 4.69) is 0 Å². The fraction of sp³-hybridized carbons (Fsp3) is 0.889. The lowest BCUT2D eigenvalue weighted by atomic mass is 10.2. The van der Waals surface area contributed by atoms with E-state index < -0.39 is 0 Å². The first kappa shape index (κ1) is 11.4. The number of hydrogen-bond acceptors (Lipinski definition) is 3. The van der Waals surface area contributed by atoms with Crippen LogP contribution in [-0.2, 0) is 14.3 Å². The van der Waals surface area contributed by atoms with Crippen molar-refractivity contribution in [2.45, 2.75) is 46.3 Å². The first-order chi connectivity index (χ1) is 5.57. The number of hydrogen-bond donors (Lipinski definition) is 0. The zero-order valence-corrected chi connectivity index (χ0v) is 8.29. The molecular formula is C9H18O3. The van der Waals surface area contributed by atoms with Crippen LogP contribution in [0.15, 0.2) is 0 Å². The Balaban J connectivity index is 3.60. The Morgan fingerprint density at radius 1 is 1.33 bits per heavy atom. The Hall–Kier alpha value is -0.570. The molecule has 0 aliphatic rings. The average molecular weight is 174 g/mol. The molecule has 0 aliphatic carbocycles. The van der Waals surface area contributed by atoms with Crippen molar-refractivity contribution in [3.8, 4) is 0 Å². The highest BCUT2D eigenvalue weighted by Gasteiger charge is 2.14. The molecule has 0 N–H and O–H groups in total. The summed E-state index contributed by atoms with van der Waals surface area (Å²) < 4.78 is 10.3. The third kappa shape index (κ3) is 5.13. The molecule has 3 nitrogen and oxygen atoms in total. The Bertz CT molecular complexity index is 134. The van der Waals surface area contributed by atoms with E-state index in [1.54, 1.807) is 0 Å². The first-order valence-electron chi connectivity index (χ1n) is 4.36. The molecule has 12 heavy (non-hydrogen) atoms. The number of rotatable bonds is 5. The molecule has 0 spiro atoms. The van der Waals surface area contributed by atoms with Gasteiger partial charge in [-0.15, -0.1) is 0 Å². The lowest BCUT2D eigenvalue weighted by molar-refractivity contribution is -0.152. The van der Waals surface area contributed by atoms with Gasteiger partial charge in [0.25, 0.3) is 0 Å². The zero-order chi connectivity index (χ0) is 9.56. The fourth-order valence-corrected chi connectivity index (χ4v) is 0.797. The summed E-state index contributed by atoms with van der Waals surface area (Å²) >= 11 is 0. The van der Waals surface area contributed by atoms with Crippen LogP contribution in [0, 0.1) is 0 Å². The summed E-state index contributed by atoms with van der Waals surface area (Å²) in [6.07, 6.45) is 0.805. The third-order valence-corrected chi connectivity index (χ3v) is 1.60. The summed E-state index contributed by atoms with van der Waals surface area (Å²) in [5.74, 6) is -0.255. The Morgan fingerprint density at radius 2 is 1.92 bits per heavy atom. The van der Waals surface area contributed by atoms with Crippen molar-refractivity contribution in [1.29, 1.82) is 0 Å². The van der Waals surface area contributed by atoms with Gasteiger partial charge in [0.15, 0.2) is 0 Å². The molecule has 0 aromatic carbocycles. The van der Waals surface area contributed by atoms with Crippen molar-refractivity contribution in [1.82, 2.24) is 0 Å². The standard InChI is InChI=1S/C9H18O3/c1-5-6-11-7(2)8(3)12-9(4)10/h7-8H,5-6H2,1-4H3. The second kappa shape index (κ2) is 6.00. The van der Waals surface area contributed by atoms with E-state index in [4.69, 9.17) is 9.47 Å². The molecule has 0 aliphatic heterocycles. The predicted molar refractivity (Wildman–Crippen MR) is 46.9 cm³/mol. The van der Waals surface area contributed by atoms with Crippen molar-refractivity contribution in [3.63, 3.8) is 0 Å². The normalized spacial score (nSPS) is 15.3.